The average Bonchev–Trinajstić information content (AvgIpc) is 2.62. The zero-order chi connectivity index (χ0) is 20.5. The smallest absolute Gasteiger partial charge is 0.261 e. The van der Waals surface area contributed by atoms with Gasteiger partial charge in [-0.05, 0) is 60.7 Å². The van der Waals surface area contributed by atoms with Crippen molar-refractivity contribution >= 4 is 33.2 Å². The molecule has 2 unspecified atom stereocenters. The third kappa shape index (κ3) is 4.64. The maximum Gasteiger partial charge on any atom is 0.261 e. The molecule has 28 heavy (non-hydrogen) atoms. The molecule has 8 heteroatoms. The van der Waals surface area contributed by atoms with E-state index in [1.807, 2.05) is 0 Å². The van der Waals surface area contributed by atoms with Crippen LogP contribution < -0.4 is 4.72 Å². The lowest BCUT2D eigenvalue weighted by atomic mass is 9.91. The number of halogens is 2. The normalized spacial score (nSPS) is 20.1. The summed E-state index contributed by atoms with van der Waals surface area (Å²) in [4.78, 5) is 14.6. The van der Waals surface area contributed by atoms with Gasteiger partial charge in [-0.3, -0.25) is 9.52 Å². The number of nitrogens with one attached hydrogen (secondary N) is 1. The van der Waals surface area contributed by atoms with Crippen molar-refractivity contribution in [1.29, 1.82) is 0 Å². The molecule has 1 saturated heterocycles. The SMILES string of the molecule is CC1CC(C)CN(C(=O)c2ccc(Cl)c(NS(=O)(=O)c3ccc(F)cc3)c2)C1. The minimum Gasteiger partial charge on any atom is -0.338 e. The summed E-state index contributed by atoms with van der Waals surface area (Å²) in [7, 11) is -3.96. The van der Waals surface area contributed by atoms with Crippen molar-refractivity contribution in [2.75, 3.05) is 17.8 Å². The molecule has 1 aliphatic rings. The number of hydrogen-bond acceptors (Lipinski definition) is 3. The average molecular weight is 425 g/mol. The first-order valence-electron chi connectivity index (χ1n) is 9.03. The number of carbonyl (C=O) groups excluding carboxylic acids is 1. The van der Waals surface area contributed by atoms with Gasteiger partial charge in [0.1, 0.15) is 5.82 Å². The van der Waals surface area contributed by atoms with Crippen molar-refractivity contribution in [3.8, 4) is 0 Å². The molecule has 2 aromatic carbocycles. The van der Waals surface area contributed by atoms with Gasteiger partial charge >= 0.3 is 0 Å². The molecule has 1 N–H and O–H groups in total. The minimum atomic E-state index is -3.96. The summed E-state index contributed by atoms with van der Waals surface area (Å²) in [5.41, 5.74) is 0.470. The van der Waals surface area contributed by atoms with E-state index >= 15 is 0 Å². The van der Waals surface area contributed by atoms with Crippen LogP contribution in [-0.4, -0.2) is 32.3 Å². The number of benzene rings is 2. The first-order chi connectivity index (χ1) is 13.2. The highest BCUT2D eigenvalue weighted by atomic mass is 35.5. The molecule has 1 heterocycles. The second-order valence-electron chi connectivity index (χ2n) is 7.41. The standard InChI is InChI=1S/C20H22ClFN2O3S/c1-13-9-14(2)12-24(11-13)20(25)15-3-8-18(21)19(10-15)23-28(26,27)17-6-4-16(22)5-7-17/h3-8,10,13-14,23H,9,11-12H2,1-2H3. The molecule has 0 spiro atoms. The highest BCUT2D eigenvalue weighted by Crippen LogP contribution is 2.28. The van der Waals surface area contributed by atoms with E-state index in [1.54, 1.807) is 11.0 Å². The second kappa shape index (κ2) is 8.09. The van der Waals surface area contributed by atoms with Crippen LogP contribution in [0.15, 0.2) is 47.4 Å². The molecule has 0 aromatic heterocycles. The summed E-state index contributed by atoms with van der Waals surface area (Å²) >= 11 is 6.14. The van der Waals surface area contributed by atoms with Gasteiger partial charge in [-0.2, -0.15) is 0 Å². The largest absolute Gasteiger partial charge is 0.338 e. The van der Waals surface area contributed by atoms with E-state index < -0.39 is 15.8 Å². The van der Waals surface area contributed by atoms with Crippen LogP contribution in [0.5, 0.6) is 0 Å². The zero-order valence-corrected chi connectivity index (χ0v) is 17.2. The highest BCUT2D eigenvalue weighted by molar-refractivity contribution is 7.92. The van der Waals surface area contributed by atoms with Crippen molar-refractivity contribution < 1.29 is 17.6 Å². The van der Waals surface area contributed by atoms with Gasteiger partial charge in [-0.25, -0.2) is 12.8 Å². The molecular weight excluding hydrogens is 403 g/mol. The van der Waals surface area contributed by atoms with Gasteiger partial charge in [0.15, 0.2) is 0 Å². The summed E-state index contributed by atoms with van der Waals surface area (Å²) in [6.45, 7) is 5.56. The molecule has 0 bridgehead atoms. The van der Waals surface area contributed by atoms with Gasteiger partial charge < -0.3 is 4.90 Å². The molecule has 2 atom stereocenters. The van der Waals surface area contributed by atoms with Crippen molar-refractivity contribution in [2.24, 2.45) is 11.8 Å². The van der Waals surface area contributed by atoms with Crippen molar-refractivity contribution in [3.63, 3.8) is 0 Å². The van der Waals surface area contributed by atoms with E-state index in [4.69, 9.17) is 11.6 Å². The van der Waals surface area contributed by atoms with E-state index in [1.165, 1.54) is 12.1 Å². The van der Waals surface area contributed by atoms with Gasteiger partial charge in [0.05, 0.1) is 15.6 Å². The first kappa shape index (κ1) is 20.6. The predicted molar refractivity (Wildman–Crippen MR) is 108 cm³/mol. The molecule has 3 rings (SSSR count). The Morgan fingerprint density at radius 3 is 2.32 bits per heavy atom. The second-order valence-corrected chi connectivity index (χ2v) is 9.50. The molecule has 0 saturated carbocycles. The van der Waals surface area contributed by atoms with Crippen molar-refractivity contribution in [2.45, 2.75) is 25.2 Å². The third-order valence-electron chi connectivity index (χ3n) is 4.74. The van der Waals surface area contributed by atoms with Crippen LogP contribution in [0.2, 0.25) is 5.02 Å². The number of hydrogen-bond donors (Lipinski definition) is 1. The number of piperidine rings is 1. The van der Waals surface area contributed by atoms with Crippen LogP contribution >= 0.6 is 11.6 Å². The van der Waals surface area contributed by atoms with E-state index in [9.17, 15) is 17.6 Å². The number of nitrogens with zero attached hydrogens (tertiary/aromatic N) is 1. The molecule has 0 aliphatic carbocycles. The number of sulfonamides is 1. The summed E-state index contributed by atoms with van der Waals surface area (Å²) in [6, 6.07) is 8.98. The van der Waals surface area contributed by atoms with E-state index in [0.29, 0.717) is 30.5 Å². The van der Waals surface area contributed by atoms with Crippen molar-refractivity contribution in [3.05, 3.63) is 58.9 Å². The number of carbonyl (C=O) groups is 1. The van der Waals surface area contributed by atoms with Gasteiger partial charge in [0, 0.05) is 18.7 Å². The summed E-state index contributed by atoms with van der Waals surface area (Å²) in [6.07, 6.45) is 1.08. The Hall–Kier alpha value is -2.12. The van der Waals surface area contributed by atoms with Crippen LogP contribution in [0, 0.1) is 17.7 Å². The topological polar surface area (TPSA) is 66.5 Å². The number of likely N-dealkylation sites (tertiary alicyclic amines) is 1. The Kier molecular flexibility index (Phi) is 5.95. The lowest BCUT2D eigenvalue weighted by Gasteiger charge is -2.35. The Labute approximate surface area is 169 Å². The Morgan fingerprint density at radius 2 is 1.71 bits per heavy atom. The molecule has 0 radical (unpaired) electrons. The minimum absolute atomic E-state index is 0.0969. The molecule has 1 amide bonds. The van der Waals surface area contributed by atoms with Crippen LogP contribution in [-0.2, 0) is 10.0 Å². The molecule has 1 aliphatic heterocycles. The van der Waals surface area contributed by atoms with Crippen LogP contribution in [0.1, 0.15) is 30.6 Å². The fourth-order valence-electron chi connectivity index (χ4n) is 3.57. The molecule has 1 fully saturated rings. The fourth-order valence-corrected chi connectivity index (χ4v) is 4.86. The van der Waals surface area contributed by atoms with Crippen LogP contribution in [0.4, 0.5) is 10.1 Å². The van der Waals surface area contributed by atoms with Crippen LogP contribution in [0.25, 0.3) is 0 Å². The van der Waals surface area contributed by atoms with Gasteiger partial charge in [-0.15, -0.1) is 0 Å². The maximum absolute atomic E-state index is 13.1. The van der Waals surface area contributed by atoms with Crippen molar-refractivity contribution in [1.82, 2.24) is 4.90 Å². The summed E-state index contributed by atoms with van der Waals surface area (Å²) in [5, 5.41) is 0.169. The monoisotopic (exact) mass is 424 g/mol. The number of amides is 1. The van der Waals surface area contributed by atoms with Gasteiger partial charge in [0.25, 0.3) is 15.9 Å². The van der Waals surface area contributed by atoms with Gasteiger partial charge in [-0.1, -0.05) is 25.4 Å². The van der Waals surface area contributed by atoms with E-state index in [2.05, 4.69) is 18.6 Å². The lowest BCUT2D eigenvalue weighted by Crippen LogP contribution is -2.42. The molecular formula is C20H22ClFN2O3S. The Bertz CT molecular complexity index is 969. The lowest BCUT2D eigenvalue weighted by molar-refractivity contribution is 0.0623. The zero-order valence-electron chi connectivity index (χ0n) is 15.7. The maximum atomic E-state index is 13.1. The quantitative estimate of drug-likeness (QED) is 0.791. The predicted octanol–water partition coefficient (Wildman–Crippen LogP) is 4.40. The number of rotatable bonds is 4. The van der Waals surface area contributed by atoms with Crippen LogP contribution in [0.3, 0.4) is 0 Å². The highest BCUT2D eigenvalue weighted by Gasteiger charge is 2.27. The van der Waals surface area contributed by atoms with Gasteiger partial charge in [0.2, 0.25) is 0 Å². The van der Waals surface area contributed by atoms with E-state index in [0.717, 1.165) is 30.7 Å². The molecule has 150 valence electrons. The Morgan fingerprint density at radius 1 is 1.11 bits per heavy atom. The summed E-state index contributed by atoms with van der Waals surface area (Å²) in [5.74, 6) is 0.139. The van der Waals surface area contributed by atoms with E-state index in [-0.39, 0.29) is 21.5 Å². The molecule has 2 aromatic rings. The number of anilines is 1. The summed E-state index contributed by atoms with van der Waals surface area (Å²) < 4.78 is 40.5. The Balaban J connectivity index is 1.85. The third-order valence-corrected chi connectivity index (χ3v) is 6.45. The fraction of sp³-hybridized carbons (Fsp3) is 0.350. The molecule has 5 nitrogen and oxygen atoms in total. The first-order valence-corrected chi connectivity index (χ1v) is 10.9.